The van der Waals surface area contributed by atoms with E-state index >= 15 is 4.79 Å². The lowest BCUT2D eigenvalue weighted by atomic mass is 9.97. The molecule has 4 rings (SSSR count). The number of hydrogen-bond donors (Lipinski definition) is 16. The number of thiol groups is 2. The molecule has 0 saturated carbocycles. The predicted octanol–water partition coefficient (Wildman–Crippen LogP) is -1.87. The summed E-state index contributed by atoms with van der Waals surface area (Å²) in [5.41, 5.74) is 17.8. The van der Waals surface area contributed by atoms with Crippen LogP contribution in [0.2, 0.25) is 0 Å². The number of carboxylic acid groups (broad SMARTS) is 1. The topological polar surface area (TPSA) is 446 Å². The lowest BCUT2D eigenvalue weighted by Gasteiger charge is -2.34. The van der Waals surface area contributed by atoms with Gasteiger partial charge in [-0.25, -0.2) is 9.59 Å². The molecule has 0 aromatic heterocycles. The summed E-state index contributed by atoms with van der Waals surface area (Å²) in [6.45, 7) is 8.07. The molecule has 30 heteroatoms. The van der Waals surface area contributed by atoms with E-state index in [-0.39, 0.29) is 76.1 Å². The Morgan fingerprint density at radius 2 is 1.22 bits per heavy atom. The number of benzene rings is 2. The zero-order chi connectivity index (χ0) is 65.6. The van der Waals surface area contributed by atoms with E-state index in [1.165, 1.54) is 29.2 Å². The second kappa shape index (κ2) is 34.7. The molecule has 2 heterocycles. The SMILES string of the molecule is CCC[C@H](NC(=O)[C@@H](NC(=O)[C@@H]1C[C@@H](O)CN1C(=O)[C@@H]1CCCN1C(=O)[C@H](Cc1ccccc1)NC(=O)[C@H](Cc1ccc(O)cc1)NC(=O)[C@H](CCC(N)=O)NC(=O)[C@H](CCCNC(N)=O)NC(=O)[C@@H](N)C(C)(C)S)[C@@H](C)CC)C(=O)N[C@@H](CS)C(=O)O. The van der Waals surface area contributed by atoms with Crippen LogP contribution in [0.4, 0.5) is 4.79 Å². The highest BCUT2D eigenvalue weighted by molar-refractivity contribution is 7.81. The van der Waals surface area contributed by atoms with Gasteiger partial charge in [-0.3, -0.25) is 47.9 Å². The number of nitrogens with one attached hydrogen (secondary N) is 8. The van der Waals surface area contributed by atoms with Crippen LogP contribution in [0.1, 0.15) is 110 Å². The number of aromatic hydroxyl groups is 1. The number of carbonyl (C=O) groups excluding carboxylic acids is 11. The van der Waals surface area contributed by atoms with Crippen molar-refractivity contribution in [3.63, 3.8) is 0 Å². The highest BCUT2D eigenvalue weighted by atomic mass is 32.1. The Morgan fingerprint density at radius 1 is 0.682 bits per heavy atom. The van der Waals surface area contributed by atoms with Crippen LogP contribution in [0.15, 0.2) is 54.6 Å². The van der Waals surface area contributed by atoms with Crippen molar-refractivity contribution in [2.24, 2.45) is 23.1 Å². The van der Waals surface area contributed by atoms with Crippen LogP contribution in [0.5, 0.6) is 5.75 Å². The van der Waals surface area contributed by atoms with Crippen molar-refractivity contribution in [2.75, 3.05) is 25.4 Å². The number of aliphatic hydroxyl groups is 1. The molecule has 88 heavy (non-hydrogen) atoms. The lowest BCUT2D eigenvalue weighted by molar-refractivity contribution is -0.148. The molecule has 2 aromatic carbocycles. The maximum absolute atomic E-state index is 15.1. The number of likely N-dealkylation sites (tertiary alicyclic amines) is 2. The first kappa shape index (κ1) is 72.8. The summed E-state index contributed by atoms with van der Waals surface area (Å²) in [5, 5.41) is 51.3. The third kappa shape index (κ3) is 22.2. The number of phenolic OH excluding ortho intramolecular Hbond substituents is 1. The first-order chi connectivity index (χ1) is 41.5. The van der Waals surface area contributed by atoms with E-state index in [0.717, 1.165) is 4.90 Å². The molecule has 2 aromatic rings. The van der Waals surface area contributed by atoms with Gasteiger partial charge in [-0.2, -0.15) is 25.3 Å². The number of carbonyl (C=O) groups is 12. The Hall–Kier alpha value is -7.70. The summed E-state index contributed by atoms with van der Waals surface area (Å²) in [5.74, 6) is -10.4. The number of hydrogen-bond acceptors (Lipinski definition) is 17. The first-order valence-corrected chi connectivity index (χ1v) is 30.4. The zero-order valence-electron chi connectivity index (χ0n) is 50.2. The molecule has 2 fully saturated rings. The highest BCUT2D eigenvalue weighted by Crippen LogP contribution is 2.27. The van der Waals surface area contributed by atoms with Gasteiger partial charge in [0.1, 0.15) is 60.1 Å². The maximum atomic E-state index is 15.1. The van der Waals surface area contributed by atoms with Gasteiger partial charge in [0.2, 0.25) is 59.1 Å². The average molecular weight is 1270 g/mol. The number of phenols is 1. The molecule has 2 aliphatic heterocycles. The third-order valence-electron chi connectivity index (χ3n) is 15.4. The molecule has 0 radical (unpaired) electrons. The zero-order valence-corrected chi connectivity index (χ0v) is 52.0. The molecule has 0 aliphatic carbocycles. The van der Waals surface area contributed by atoms with Crippen molar-refractivity contribution < 1.29 is 72.9 Å². The van der Waals surface area contributed by atoms with Crippen LogP contribution in [-0.2, 0) is 65.6 Å². The maximum Gasteiger partial charge on any atom is 0.327 e. The number of β-amino-alcohol motifs (C(OH)–C–C–N with tert-alkyl or cyclic N) is 1. The number of nitrogens with two attached hydrogens (primary N) is 3. The largest absolute Gasteiger partial charge is 0.508 e. The fourth-order valence-electron chi connectivity index (χ4n) is 10.1. The Bertz CT molecular complexity index is 2780. The van der Waals surface area contributed by atoms with Crippen molar-refractivity contribution in [2.45, 2.75) is 183 Å². The number of amides is 12. The molecule has 0 spiro atoms. The van der Waals surface area contributed by atoms with Crippen LogP contribution >= 0.6 is 25.3 Å². The number of rotatable bonds is 34. The van der Waals surface area contributed by atoms with Gasteiger partial charge in [-0.15, -0.1) is 0 Å². The van der Waals surface area contributed by atoms with Gasteiger partial charge in [0.05, 0.1) is 12.1 Å². The van der Waals surface area contributed by atoms with E-state index < -0.39 is 161 Å². The monoisotopic (exact) mass is 1270 g/mol. The van der Waals surface area contributed by atoms with Crippen molar-refractivity contribution in [1.82, 2.24) is 52.3 Å². The normalized spacial score (nSPS) is 18.7. The molecule has 2 aliphatic rings. The summed E-state index contributed by atoms with van der Waals surface area (Å²) >= 11 is 8.38. The Balaban J connectivity index is 1.65. The Morgan fingerprint density at radius 3 is 1.78 bits per heavy atom. The second-order valence-corrected chi connectivity index (χ2v) is 24.3. The Kier molecular flexibility index (Phi) is 28.7. The summed E-state index contributed by atoms with van der Waals surface area (Å²) in [7, 11) is 0. The van der Waals surface area contributed by atoms with Crippen molar-refractivity contribution in [1.29, 1.82) is 0 Å². The fraction of sp³-hybridized carbons (Fsp3) is 0.586. The molecular formula is C58H87N13O15S2. The van der Waals surface area contributed by atoms with Gasteiger partial charge in [-0.05, 0) is 81.5 Å². The number of aliphatic hydroxyl groups excluding tert-OH is 1. The minimum absolute atomic E-state index is 0.00440. The standard InChI is InChI=1S/C58H87N13O15S2/c1-6-13-36(47(75)68-41(30-87)56(84)85)64-52(80)45(31(3)7-2)69-51(79)43-28-35(73)29-71(43)55(83)42-17-12-25-70(42)54(82)40(27-32-14-9-8-10-15-32)67-50(78)39(26-33-18-20-34(72)21-19-33)66-49(77)38(22-23-44(59)74)63-48(76)37(16-11-24-62-57(61)86)65-53(81)46(60)58(4,5)88/h8-10,14-15,18-21,31,35-43,45-46,72-73,87-88H,6-7,11-13,16-17,22-30,60H2,1-5H3,(H2,59,74)(H,63,76)(H,64,80)(H,65,81)(H,66,77)(H,67,78)(H,68,75)(H,69,79)(H,84,85)(H3,61,62,86)/t31-,35+,36-,37-,38-,39-,40-,41-,42-,43-,45-,46+/m0/s1. The van der Waals surface area contributed by atoms with Crippen molar-refractivity contribution in [3.8, 4) is 5.75 Å². The fourth-order valence-corrected chi connectivity index (χ4v) is 10.4. The van der Waals surface area contributed by atoms with E-state index in [1.807, 2.05) is 0 Å². The number of primary amides is 2. The molecule has 486 valence electrons. The summed E-state index contributed by atoms with van der Waals surface area (Å²) in [6, 6.07) is -0.126. The number of carboxylic acids is 1. The van der Waals surface area contributed by atoms with Crippen LogP contribution in [0.25, 0.3) is 0 Å². The summed E-state index contributed by atoms with van der Waals surface area (Å²) in [4.78, 5) is 166. The van der Waals surface area contributed by atoms with Gasteiger partial charge in [-0.1, -0.05) is 76.1 Å². The van der Waals surface area contributed by atoms with E-state index in [1.54, 1.807) is 65.0 Å². The number of nitrogens with zero attached hydrogens (tertiary/aromatic N) is 2. The second-order valence-electron chi connectivity index (χ2n) is 22.8. The smallest absolute Gasteiger partial charge is 0.327 e. The number of urea groups is 1. The molecule has 2 saturated heterocycles. The third-order valence-corrected chi connectivity index (χ3v) is 16.0. The highest BCUT2D eigenvalue weighted by Gasteiger charge is 2.47. The summed E-state index contributed by atoms with van der Waals surface area (Å²) < 4.78 is -1.05. The van der Waals surface area contributed by atoms with Crippen molar-refractivity contribution >= 4 is 96.3 Å². The quantitative estimate of drug-likeness (QED) is 0.0270. The van der Waals surface area contributed by atoms with Gasteiger partial charge < -0.3 is 84.9 Å². The molecule has 12 amide bonds. The van der Waals surface area contributed by atoms with Crippen LogP contribution in [-0.4, -0.2) is 193 Å². The molecule has 17 N–H and O–H groups in total. The Labute approximate surface area is 522 Å². The molecule has 28 nitrogen and oxygen atoms in total. The lowest BCUT2D eigenvalue weighted by Crippen LogP contribution is -2.61. The van der Waals surface area contributed by atoms with Crippen LogP contribution in [0.3, 0.4) is 0 Å². The van der Waals surface area contributed by atoms with E-state index in [4.69, 9.17) is 17.2 Å². The minimum Gasteiger partial charge on any atom is -0.508 e. The minimum atomic E-state index is -1.59. The molecular weight excluding hydrogens is 1180 g/mol. The van der Waals surface area contributed by atoms with Gasteiger partial charge in [0.15, 0.2) is 0 Å². The average Bonchev–Trinajstić information content (AvgIpc) is 2.49. The van der Waals surface area contributed by atoms with Crippen LogP contribution < -0.4 is 59.7 Å². The summed E-state index contributed by atoms with van der Waals surface area (Å²) in [6.07, 6.45) is -1.36. The number of aliphatic carboxylic acids is 1. The van der Waals surface area contributed by atoms with E-state index in [9.17, 15) is 68.1 Å². The molecule has 0 bridgehead atoms. The molecule has 12 atom stereocenters. The van der Waals surface area contributed by atoms with Gasteiger partial charge in [0, 0.05) is 55.8 Å². The van der Waals surface area contributed by atoms with Crippen molar-refractivity contribution in [3.05, 3.63) is 65.7 Å². The first-order valence-electron chi connectivity index (χ1n) is 29.4. The van der Waals surface area contributed by atoms with Gasteiger partial charge >= 0.3 is 12.0 Å². The van der Waals surface area contributed by atoms with E-state index in [0.29, 0.717) is 30.4 Å². The molecule has 0 unspecified atom stereocenters. The predicted molar refractivity (Wildman–Crippen MR) is 328 cm³/mol. The van der Waals surface area contributed by atoms with E-state index in [2.05, 4.69) is 67.8 Å². The van der Waals surface area contributed by atoms with Gasteiger partial charge in [0.25, 0.3) is 0 Å². The van der Waals surface area contributed by atoms with Crippen LogP contribution in [0, 0.1) is 5.92 Å².